The summed E-state index contributed by atoms with van der Waals surface area (Å²) in [5.74, 6) is 0.985. The third kappa shape index (κ3) is 6.47. The number of halogens is 1. The van der Waals surface area contributed by atoms with E-state index in [0.29, 0.717) is 24.1 Å². The van der Waals surface area contributed by atoms with E-state index in [9.17, 15) is 4.79 Å². The second-order valence-corrected chi connectivity index (χ2v) is 8.26. The predicted octanol–water partition coefficient (Wildman–Crippen LogP) is 5.21. The highest BCUT2D eigenvalue weighted by Crippen LogP contribution is 2.37. The normalized spacial score (nSPS) is 14.0. The Morgan fingerprint density at radius 2 is 1.86 bits per heavy atom. The molecule has 1 saturated carbocycles. The van der Waals surface area contributed by atoms with E-state index in [1.54, 1.807) is 0 Å². The number of nitrogens with one attached hydrogen (secondary N) is 2. The number of hydrogen-bond donors (Lipinski definition) is 2. The summed E-state index contributed by atoms with van der Waals surface area (Å²) in [6, 6.07) is 12.3. The second kappa shape index (κ2) is 10.6. The molecule has 0 heterocycles. The minimum Gasteiger partial charge on any atom is -0.490 e. The van der Waals surface area contributed by atoms with Crippen LogP contribution < -0.4 is 20.1 Å². The maximum Gasteiger partial charge on any atom is 0.262 e. The molecule has 3 rings (SSSR count). The van der Waals surface area contributed by atoms with E-state index >= 15 is 0 Å². The Bertz CT molecular complexity index is 818. The van der Waals surface area contributed by atoms with Crippen LogP contribution in [-0.4, -0.2) is 25.2 Å². The molecular weight excluding hydrogens is 432 g/mol. The summed E-state index contributed by atoms with van der Waals surface area (Å²) in [7, 11) is 0. The summed E-state index contributed by atoms with van der Waals surface area (Å²) in [6.07, 6.45) is 5.11. The van der Waals surface area contributed by atoms with Crippen LogP contribution in [0.1, 0.15) is 43.7 Å². The number of benzene rings is 2. The zero-order chi connectivity index (χ0) is 20.6. The summed E-state index contributed by atoms with van der Waals surface area (Å²) in [5, 5.41) is 6.46. The lowest BCUT2D eigenvalue weighted by Crippen LogP contribution is -2.25. The van der Waals surface area contributed by atoms with Crippen molar-refractivity contribution in [1.29, 1.82) is 0 Å². The smallest absolute Gasteiger partial charge is 0.262 e. The Balaban J connectivity index is 1.62. The van der Waals surface area contributed by atoms with Gasteiger partial charge in [-0.3, -0.25) is 4.79 Å². The van der Waals surface area contributed by atoms with Crippen molar-refractivity contribution < 1.29 is 14.3 Å². The standard InChI is InChI=1S/C23H29BrN2O3/c1-3-28-21-13-17(14-25-18-6-4-5-7-18)12-20(24)23(21)29-15-22(27)26-19-10-8-16(2)9-11-19/h8-13,18,25H,3-7,14-15H2,1-2H3,(H,26,27). The van der Waals surface area contributed by atoms with Gasteiger partial charge in [-0.05, 0) is 72.4 Å². The summed E-state index contributed by atoms with van der Waals surface area (Å²) >= 11 is 3.58. The first-order chi connectivity index (χ1) is 14.0. The molecule has 0 atom stereocenters. The fraction of sp³-hybridized carbons (Fsp3) is 0.435. The zero-order valence-corrected chi connectivity index (χ0v) is 18.7. The van der Waals surface area contributed by atoms with Crippen LogP contribution in [0.5, 0.6) is 11.5 Å². The molecule has 6 heteroatoms. The number of carbonyl (C=O) groups excluding carboxylic acids is 1. The molecule has 29 heavy (non-hydrogen) atoms. The van der Waals surface area contributed by atoms with Gasteiger partial charge in [-0.15, -0.1) is 0 Å². The molecule has 1 fully saturated rings. The van der Waals surface area contributed by atoms with Gasteiger partial charge in [0.25, 0.3) is 5.91 Å². The van der Waals surface area contributed by atoms with Crippen LogP contribution in [0.25, 0.3) is 0 Å². The Labute approximate surface area is 181 Å². The highest BCUT2D eigenvalue weighted by Gasteiger charge is 2.17. The maximum absolute atomic E-state index is 12.3. The van der Waals surface area contributed by atoms with E-state index in [2.05, 4.69) is 26.6 Å². The van der Waals surface area contributed by atoms with Gasteiger partial charge in [-0.1, -0.05) is 30.5 Å². The van der Waals surface area contributed by atoms with Crippen LogP contribution >= 0.6 is 15.9 Å². The third-order valence-corrected chi connectivity index (χ3v) is 5.59. The van der Waals surface area contributed by atoms with Gasteiger partial charge in [0.15, 0.2) is 18.1 Å². The van der Waals surface area contributed by atoms with Gasteiger partial charge in [0, 0.05) is 18.3 Å². The van der Waals surface area contributed by atoms with Crippen molar-refractivity contribution in [2.75, 3.05) is 18.5 Å². The number of ether oxygens (including phenoxy) is 2. The molecule has 0 aliphatic heterocycles. The molecule has 1 aliphatic carbocycles. The SMILES string of the molecule is CCOc1cc(CNC2CCCC2)cc(Br)c1OCC(=O)Nc1ccc(C)cc1. The first-order valence-corrected chi connectivity index (χ1v) is 11.0. The minimum absolute atomic E-state index is 0.0911. The first-order valence-electron chi connectivity index (χ1n) is 10.2. The molecule has 1 aliphatic rings. The number of rotatable bonds is 9. The van der Waals surface area contributed by atoms with Crippen LogP contribution in [-0.2, 0) is 11.3 Å². The Morgan fingerprint density at radius 1 is 1.14 bits per heavy atom. The van der Waals surface area contributed by atoms with Gasteiger partial charge in [-0.25, -0.2) is 0 Å². The van der Waals surface area contributed by atoms with E-state index in [-0.39, 0.29) is 12.5 Å². The lowest BCUT2D eigenvalue weighted by Gasteiger charge is -2.17. The van der Waals surface area contributed by atoms with Crippen molar-refractivity contribution in [2.45, 2.75) is 52.1 Å². The average Bonchev–Trinajstić information content (AvgIpc) is 3.21. The topological polar surface area (TPSA) is 59.6 Å². The molecule has 1 amide bonds. The molecule has 0 unspecified atom stereocenters. The summed E-state index contributed by atoms with van der Waals surface area (Å²) < 4.78 is 12.4. The molecule has 0 radical (unpaired) electrons. The van der Waals surface area contributed by atoms with Crippen LogP contribution in [0.15, 0.2) is 40.9 Å². The van der Waals surface area contributed by atoms with Gasteiger partial charge in [0.2, 0.25) is 0 Å². The number of amides is 1. The molecule has 0 aromatic heterocycles. The monoisotopic (exact) mass is 460 g/mol. The molecule has 0 saturated heterocycles. The summed E-state index contributed by atoms with van der Waals surface area (Å²) in [4.78, 5) is 12.3. The van der Waals surface area contributed by atoms with Crippen LogP contribution in [0.4, 0.5) is 5.69 Å². The summed E-state index contributed by atoms with van der Waals surface area (Å²) in [6.45, 7) is 5.17. The van der Waals surface area contributed by atoms with Crippen molar-refractivity contribution in [2.24, 2.45) is 0 Å². The maximum atomic E-state index is 12.3. The molecule has 156 valence electrons. The van der Waals surface area contributed by atoms with E-state index in [1.807, 2.05) is 50.2 Å². The van der Waals surface area contributed by atoms with Gasteiger partial charge >= 0.3 is 0 Å². The van der Waals surface area contributed by atoms with Crippen molar-refractivity contribution in [3.05, 3.63) is 52.0 Å². The fourth-order valence-electron chi connectivity index (χ4n) is 3.49. The fourth-order valence-corrected chi connectivity index (χ4v) is 4.09. The minimum atomic E-state index is -0.213. The van der Waals surface area contributed by atoms with E-state index < -0.39 is 0 Å². The van der Waals surface area contributed by atoms with E-state index in [1.165, 1.54) is 25.7 Å². The van der Waals surface area contributed by atoms with Crippen LogP contribution in [0.3, 0.4) is 0 Å². The average molecular weight is 461 g/mol. The summed E-state index contributed by atoms with van der Waals surface area (Å²) in [5.41, 5.74) is 3.03. The number of anilines is 1. The Kier molecular flexibility index (Phi) is 7.95. The van der Waals surface area contributed by atoms with Crippen molar-refractivity contribution >= 4 is 27.5 Å². The van der Waals surface area contributed by atoms with Gasteiger partial charge in [0.05, 0.1) is 11.1 Å². The number of hydrogen-bond acceptors (Lipinski definition) is 4. The molecule has 0 bridgehead atoms. The van der Waals surface area contributed by atoms with Crippen molar-refractivity contribution in [3.63, 3.8) is 0 Å². The number of carbonyl (C=O) groups is 1. The molecule has 2 aromatic carbocycles. The van der Waals surface area contributed by atoms with Gasteiger partial charge in [-0.2, -0.15) is 0 Å². The van der Waals surface area contributed by atoms with E-state index in [0.717, 1.165) is 27.8 Å². The predicted molar refractivity (Wildman–Crippen MR) is 120 cm³/mol. The highest BCUT2D eigenvalue weighted by molar-refractivity contribution is 9.10. The lowest BCUT2D eigenvalue weighted by atomic mass is 10.1. The van der Waals surface area contributed by atoms with Crippen molar-refractivity contribution in [3.8, 4) is 11.5 Å². The lowest BCUT2D eigenvalue weighted by molar-refractivity contribution is -0.118. The highest BCUT2D eigenvalue weighted by atomic mass is 79.9. The van der Waals surface area contributed by atoms with Crippen molar-refractivity contribution in [1.82, 2.24) is 5.32 Å². The molecule has 2 aromatic rings. The third-order valence-electron chi connectivity index (χ3n) is 5.00. The molecular formula is C23H29BrN2O3. The zero-order valence-electron chi connectivity index (χ0n) is 17.1. The molecule has 2 N–H and O–H groups in total. The van der Waals surface area contributed by atoms with Gasteiger partial charge < -0.3 is 20.1 Å². The van der Waals surface area contributed by atoms with Crippen LogP contribution in [0, 0.1) is 6.92 Å². The first kappa shape index (κ1) is 21.7. The number of aryl methyl sites for hydroxylation is 1. The second-order valence-electron chi connectivity index (χ2n) is 7.40. The quantitative estimate of drug-likeness (QED) is 0.539. The largest absolute Gasteiger partial charge is 0.490 e. The molecule has 0 spiro atoms. The molecule has 5 nitrogen and oxygen atoms in total. The Morgan fingerprint density at radius 3 is 2.55 bits per heavy atom. The Hall–Kier alpha value is -2.05. The van der Waals surface area contributed by atoms with E-state index in [4.69, 9.17) is 9.47 Å². The van der Waals surface area contributed by atoms with Crippen LogP contribution in [0.2, 0.25) is 0 Å². The van der Waals surface area contributed by atoms with Gasteiger partial charge in [0.1, 0.15) is 0 Å².